The van der Waals surface area contributed by atoms with Crippen molar-refractivity contribution in [1.82, 2.24) is 0 Å². The molecule has 284 valence electrons. The van der Waals surface area contributed by atoms with Crippen LogP contribution in [0, 0.1) is 23.7 Å². The van der Waals surface area contributed by atoms with Gasteiger partial charge < -0.3 is 20.4 Å². The van der Waals surface area contributed by atoms with Gasteiger partial charge in [-0.3, -0.25) is 9.59 Å². The number of aldehydes is 2. The van der Waals surface area contributed by atoms with Gasteiger partial charge in [-0.15, -0.1) is 0 Å². The van der Waals surface area contributed by atoms with E-state index in [4.69, 9.17) is 0 Å². The quantitative estimate of drug-likeness (QED) is 0.0641. The van der Waals surface area contributed by atoms with Crippen molar-refractivity contribution in [1.29, 1.82) is 0 Å². The molecule has 6 heteroatoms. The van der Waals surface area contributed by atoms with E-state index in [2.05, 4.69) is 55.4 Å². The van der Waals surface area contributed by atoms with E-state index >= 15 is 0 Å². The SMILES string of the molecule is CCCCCc1cc(O)c(CC[C@@H](C)CCCC(C)C)c(O)c1C=O.CCCCCc1cc(O)c(CC[C@H](C)CCCC(C)C)c(O)c1C=O. The molecule has 0 aromatic heterocycles. The first-order valence-electron chi connectivity index (χ1n) is 19.8. The van der Waals surface area contributed by atoms with Gasteiger partial charge in [0.05, 0.1) is 11.1 Å². The number of hydrogen-bond donors (Lipinski definition) is 4. The zero-order valence-corrected chi connectivity index (χ0v) is 33.0. The summed E-state index contributed by atoms with van der Waals surface area (Å²) in [4.78, 5) is 22.9. The van der Waals surface area contributed by atoms with Gasteiger partial charge in [-0.1, -0.05) is 120 Å². The lowest BCUT2D eigenvalue weighted by atomic mass is 9.91. The van der Waals surface area contributed by atoms with Crippen molar-refractivity contribution in [3.63, 3.8) is 0 Å². The molecule has 4 N–H and O–H groups in total. The molecule has 6 nitrogen and oxygen atoms in total. The Kier molecular flexibility index (Phi) is 22.5. The molecule has 0 amide bonds. The predicted octanol–water partition coefficient (Wildman–Crippen LogP) is 12.1. The zero-order chi connectivity index (χ0) is 37.6. The third-order valence-electron chi connectivity index (χ3n) is 10.1. The van der Waals surface area contributed by atoms with E-state index in [1.165, 1.54) is 25.7 Å². The molecular formula is C44H72O6. The molecule has 0 aliphatic carbocycles. The van der Waals surface area contributed by atoms with E-state index in [-0.39, 0.29) is 23.0 Å². The number of aryl methyl sites for hydroxylation is 2. The maximum atomic E-state index is 11.4. The lowest BCUT2D eigenvalue weighted by molar-refractivity contribution is 0.111. The molecule has 50 heavy (non-hydrogen) atoms. The first kappa shape index (κ1) is 45.0. The molecule has 2 aromatic carbocycles. The Balaban J connectivity index is 0.000000500. The van der Waals surface area contributed by atoms with E-state index in [0.717, 1.165) is 113 Å². The minimum atomic E-state index is -0.0177. The summed E-state index contributed by atoms with van der Waals surface area (Å²) in [6.45, 7) is 17.6. The second kappa shape index (κ2) is 25.0. The largest absolute Gasteiger partial charge is 0.508 e. The Labute approximate surface area is 305 Å². The van der Waals surface area contributed by atoms with Gasteiger partial charge in [0.15, 0.2) is 12.6 Å². The molecular weight excluding hydrogens is 624 g/mol. The Hall–Kier alpha value is -3.02. The Bertz CT molecular complexity index is 1170. The number of carbonyl (C=O) groups excluding carboxylic acids is 2. The molecule has 0 radical (unpaired) electrons. The summed E-state index contributed by atoms with van der Waals surface area (Å²) >= 11 is 0. The van der Waals surface area contributed by atoms with Gasteiger partial charge in [-0.2, -0.15) is 0 Å². The molecule has 0 bridgehead atoms. The molecule has 0 fully saturated rings. The number of phenols is 4. The third kappa shape index (κ3) is 16.3. The van der Waals surface area contributed by atoms with Crippen LogP contribution in [0.3, 0.4) is 0 Å². The van der Waals surface area contributed by atoms with E-state index < -0.39 is 0 Å². The maximum Gasteiger partial charge on any atom is 0.154 e. The molecule has 0 spiro atoms. The summed E-state index contributed by atoms with van der Waals surface area (Å²) in [5, 5.41) is 41.6. The highest BCUT2D eigenvalue weighted by molar-refractivity contribution is 5.84. The zero-order valence-electron chi connectivity index (χ0n) is 33.0. The Morgan fingerprint density at radius 2 is 0.860 bits per heavy atom. The minimum absolute atomic E-state index is 0.0177. The fraction of sp³-hybridized carbons (Fsp3) is 0.682. The molecule has 0 aliphatic rings. The number of unbranched alkanes of at least 4 members (excludes halogenated alkanes) is 4. The van der Waals surface area contributed by atoms with Crippen molar-refractivity contribution in [3.8, 4) is 23.0 Å². The summed E-state index contributed by atoms with van der Waals surface area (Å²) in [6.07, 6.45) is 19.4. The highest BCUT2D eigenvalue weighted by Crippen LogP contribution is 2.37. The fourth-order valence-electron chi connectivity index (χ4n) is 6.65. The predicted molar refractivity (Wildman–Crippen MR) is 209 cm³/mol. The molecule has 0 saturated heterocycles. The second-order valence-electron chi connectivity index (χ2n) is 15.7. The lowest BCUT2D eigenvalue weighted by Crippen LogP contribution is -2.02. The second-order valence-corrected chi connectivity index (χ2v) is 15.7. The number of rotatable bonds is 24. The number of benzene rings is 2. The van der Waals surface area contributed by atoms with Gasteiger partial charge in [0.2, 0.25) is 0 Å². The first-order chi connectivity index (χ1) is 23.8. The summed E-state index contributed by atoms with van der Waals surface area (Å²) in [7, 11) is 0. The van der Waals surface area contributed by atoms with E-state index in [1.807, 2.05) is 0 Å². The van der Waals surface area contributed by atoms with Crippen molar-refractivity contribution in [2.75, 3.05) is 0 Å². The Morgan fingerprint density at radius 1 is 0.500 bits per heavy atom. The van der Waals surface area contributed by atoms with Gasteiger partial charge in [-0.05, 0) is 98.3 Å². The molecule has 0 aliphatic heterocycles. The van der Waals surface area contributed by atoms with Crippen molar-refractivity contribution in [3.05, 3.63) is 45.5 Å². The van der Waals surface area contributed by atoms with Crippen LogP contribution in [-0.4, -0.2) is 33.0 Å². The van der Waals surface area contributed by atoms with Crippen molar-refractivity contribution in [2.24, 2.45) is 23.7 Å². The summed E-state index contributed by atoms with van der Waals surface area (Å²) in [5.74, 6) is 2.77. The number of aromatic hydroxyl groups is 4. The molecule has 2 aromatic rings. The Morgan fingerprint density at radius 3 is 1.16 bits per heavy atom. The fourth-order valence-corrected chi connectivity index (χ4v) is 6.65. The van der Waals surface area contributed by atoms with Crippen LogP contribution in [0.4, 0.5) is 0 Å². The van der Waals surface area contributed by atoms with Crippen molar-refractivity contribution >= 4 is 12.6 Å². The topological polar surface area (TPSA) is 115 Å². The number of phenolic OH excluding ortho intramolecular Hbond substituents is 4. The van der Waals surface area contributed by atoms with Crippen LogP contribution in [0.5, 0.6) is 23.0 Å². The van der Waals surface area contributed by atoms with Crippen LogP contribution in [0.25, 0.3) is 0 Å². The van der Waals surface area contributed by atoms with Gasteiger partial charge in [0.25, 0.3) is 0 Å². The molecule has 0 heterocycles. The smallest absolute Gasteiger partial charge is 0.154 e. The third-order valence-corrected chi connectivity index (χ3v) is 10.1. The average Bonchev–Trinajstić information content (AvgIpc) is 3.05. The average molecular weight is 697 g/mol. The van der Waals surface area contributed by atoms with Crippen LogP contribution < -0.4 is 0 Å². The molecule has 0 saturated carbocycles. The van der Waals surface area contributed by atoms with Crippen LogP contribution >= 0.6 is 0 Å². The van der Waals surface area contributed by atoms with Gasteiger partial charge >= 0.3 is 0 Å². The van der Waals surface area contributed by atoms with Crippen molar-refractivity contribution in [2.45, 2.75) is 171 Å². The summed E-state index contributed by atoms with van der Waals surface area (Å²) in [5.41, 5.74) is 3.28. The van der Waals surface area contributed by atoms with E-state index in [1.54, 1.807) is 12.1 Å². The van der Waals surface area contributed by atoms with Crippen LogP contribution in [0.2, 0.25) is 0 Å². The van der Waals surface area contributed by atoms with Crippen LogP contribution in [-0.2, 0) is 25.7 Å². The monoisotopic (exact) mass is 697 g/mol. The summed E-state index contributed by atoms with van der Waals surface area (Å²) < 4.78 is 0. The van der Waals surface area contributed by atoms with Crippen LogP contribution in [0.1, 0.15) is 188 Å². The minimum Gasteiger partial charge on any atom is -0.508 e. The summed E-state index contributed by atoms with van der Waals surface area (Å²) in [6, 6.07) is 3.36. The van der Waals surface area contributed by atoms with E-state index in [9.17, 15) is 30.0 Å². The van der Waals surface area contributed by atoms with Gasteiger partial charge in [0, 0.05) is 11.1 Å². The highest BCUT2D eigenvalue weighted by Gasteiger charge is 2.19. The first-order valence-corrected chi connectivity index (χ1v) is 19.8. The lowest BCUT2D eigenvalue weighted by Gasteiger charge is -2.16. The van der Waals surface area contributed by atoms with Crippen molar-refractivity contribution < 1.29 is 30.0 Å². The van der Waals surface area contributed by atoms with E-state index in [0.29, 0.717) is 46.9 Å². The molecule has 2 atom stereocenters. The molecule has 0 unspecified atom stereocenters. The van der Waals surface area contributed by atoms with Gasteiger partial charge in [0.1, 0.15) is 23.0 Å². The highest BCUT2D eigenvalue weighted by atomic mass is 16.3. The normalized spacial score (nSPS) is 12.5. The maximum absolute atomic E-state index is 11.4. The number of hydrogen-bond acceptors (Lipinski definition) is 6. The molecule has 2 rings (SSSR count). The van der Waals surface area contributed by atoms with Crippen LogP contribution in [0.15, 0.2) is 12.1 Å². The van der Waals surface area contributed by atoms with Gasteiger partial charge in [-0.25, -0.2) is 0 Å². The number of carbonyl (C=O) groups is 2. The standard InChI is InChI=1S/2C22H36O3/c2*1-5-6-7-11-18-14-21(24)19(22(25)20(18)15-23)13-12-17(4)10-8-9-16(2)3/h2*14-17,24-25H,5-13H2,1-4H3/t2*17-/m10/s1.